The number of ether oxygens (including phenoxy) is 2. The fourth-order valence-corrected chi connectivity index (χ4v) is 7.31. The second-order valence-corrected chi connectivity index (χ2v) is 11.0. The van der Waals surface area contributed by atoms with Gasteiger partial charge in [0.25, 0.3) is 0 Å². The molecule has 0 aromatic heterocycles. The summed E-state index contributed by atoms with van der Waals surface area (Å²) in [5.41, 5.74) is 0.158. The van der Waals surface area contributed by atoms with Crippen LogP contribution in [-0.4, -0.2) is 52.6 Å². The number of ketones is 1. The van der Waals surface area contributed by atoms with E-state index in [9.17, 15) is 14.7 Å². The second-order valence-electron chi connectivity index (χ2n) is 11.0. The Bertz CT molecular complexity index is 1050. The highest BCUT2D eigenvalue weighted by molar-refractivity contribution is 5.90. The van der Waals surface area contributed by atoms with Gasteiger partial charge in [0.15, 0.2) is 23.4 Å². The molecule has 6 nitrogen and oxygen atoms in total. The van der Waals surface area contributed by atoms with Crippen LogP contribution in [0.1, 0.15) is 81.8 Å². The molecule has 0 radical (unpaired) electrons. The summed E-state index contributed by atoms with van der Waals surface area (Å²) in [5, 5.41) is 12.2. The van der Waals surface area contributed by atoms with Crippen LogP contribution in [0.15, 0.2) is 37.4 Å². The number of unbranched alkanes of at least 4 members (excludes halogenated alkanes) is 6. The van der Waals surface area contributed by atoms with Crippen molar-refractivity contribution in [1.82, 2.24) is 4.90 Å². The van der Waals surface area contributed by atoms with Gasteiger partial charge in [-0.25, -0.2) is 0 Å². The minimum absolute atomic E-state index is 0.0324. The predicted octanol–water partition coefficient (Wildman–Crippen LogP) is 4.81. The lowest BCUT2D eigenvalue weighted by Gasteiger charge is -2.62. The maximum absolute atomic E-state index is 13.1. The van der Waals surface area contributed by atoms with Crippen LogP contribution >= 0.6 is 0 Å². The van der Waals surface area contributed by atoms with Crippen molar-refractivity contribution in [3.63, 3.8) is 0 Å². The molecule has 1 aromatic carbocycles. The first-order valence-electron chi connectivity index (χ1n) is 13.7. The van der Waals surface area contributed by atoms with E-state index in [2.05, 4.69) is 18.1 Å². The molecule has 2 fully saturated rings. The lowest BCUT2D eigenvalue weighted by atomic mass is 9.49. The Hall–Kier alpha value is -2.44. The number of hydrogen-bond acceptors (Lipinski definition) is 6. The summed E-state index contributed by atoms with van der Waals surface area (Å²) in [4.78, 5) is 28.1. The molecular weight excluding hydrogens is 454 g/mol. The van der Waals surface area contributed by atoms with E-state index < -0.39 is 17.1 Å². The van der Waals surface area contributed by atoms with Crippen LogP contribution in [0.25, 0.3) is 0 Å². The Kier molecular flexibility index (Phi) is 7.10. The Morgan fingerprint density at radius 2 is 1.92 bits per heavy atom. The first-order valence-corrected chi connectivity index (χ1v) is 13.7. The molecule has 4 aliphatic rings. The summed E-state index contributed by atoms with van der Waals surface area (Å²) >= 11 is 0. The van der Waals surface area contributed by atoms with Gasteiger partial charge < -0.3 is 14.6 Å². The van der Waals surface area contributed by atoms with Crippen LogP contribution in [0.5, 0.6) is 11.5 Å². The van der Waals surface area contributed by atoms with E-state index >= 15 is 0 Å². The van der Waals surface area contributed by atoms with Gasteiger partial charge in [-0.15, -0.1) is 13.2 Å². The third-order valence-corrected chi connectivity index (χ3v) is 8.98. The van der Waals surface area contributed by atoms with Gasteiger partial charge in [0, 0.05) is 37.5 Å². The smallest absolute Gasteiger partial charge is 0.311 e. The lowest BCUT2D eigenvalue weighted by Crippen LogP contribution is -2.76. The van der Waals surface area contributed by atoms with Crippen LogP contribution in [0.3, 0.4) is 0 Å². The molecule has 1 aromatic rings. The van der Waals surface area contributed by atoms with Gasteiger partial charge in [-0.3, -0.25) is 14.5 Å². The quantitative estimate of drug-likeness (QED) is 0.195. The number of benzene rings is 1. The molecule has 6 heteroatoms. The molecule has 0 amide bonds. The van der Waals surface area contributed by atoms with E-state index in [0.29, 0.717) is 50.1 Å². The van der Waals surface area contributed by atoms with Crippen molar-refractivity contribution in [3.8, 4) is 11.5 Å². The molecule has 5 rings (SSSR count). The maximum Gasteiger partial charge on any atom is 0.311 e. The zero-order valence-electron chi connectivity index (χ0n) is 21.3. The molecule has 36 heavy (non-hydrogen) atoms. The summed E-state index contributed by atoms with van der Waals surface area (Å²) in [6.07, 6.45) is 13.1. The minimum atomic E-state index is -1.06. The number of aliphatic hydroxyl groups is 1. The molecule has 2 aliphatic heterocycles. The summed E-state index contributed by atoms with van der Waals surface area (Å²) in [5.74, 6) is 0.640. The molecule has 1 spiro atoms. The van der Waals surface area contributed by atoms with E-state index in [1.807, 2.05) is 24.3 Å². The SMILES string of the molecule is C=CCCCCCCCCC(=O)Oc1ccc2c3c1O[C@@H]1C(=O)CC[C@@]4(O)[C@@H](C2)N(CC=C)CC[C@@]314. The van der Waals surface area contributed by atoms with Gasteiger partial charge in [-0.2, -0.15) is 0 Å². The molecule has 2 bridgehead atoms. The highest BCUT2D eigenvalue weighted by atomic mass is 16.6. The lowest BCUT2D eigenvalue weighted by molar-refractivity contribution is -0.187. The van der Waals surface area contributed by atoms with E-state index in [1.165, 1.54) is 19.3 Å². The van der Waals surface area contributed by atoms with E-state index in [1.54, 1.807) is 0 Å². The average Bonchev–Trinajstić information content (AvgIpc) is 3.22. The minimum Gasteiger partial charge on any atom is -0.477 e. The van der Waals surface area contributed by atoms with Crippen molar-refractivity contribution in [2.24, 2.45) is 0 Å². The fraction of sp³-hybridized carbons (Fsp3) is 0.600. The molecule has 0 unspecified atom stereocenters. The Morgan fingerprint density at radius 1 is 1.14 bits per heavy atom. The molecule has 2 aliphatic carbocycles. The van der Waals surface area contributed by atoms with Crippen LogP contribution in [-0.2, 0) is 21.4 Å². The maximum atomic E-state index is 13.1. The van der Waals surface area contributed by atoms with E-state index in [-0.39, 0.29) is 17.8 Å². The van der Waals surface area contributed by atoms with Crippen molar-refractivity contribution in [3.05, 3.63) is 48.6 Å². The van der Waals surface area contributed by atoms with Gasteiger partial charge in [-0.05, 0) is 50.2 Å². The average molecular weight is 494 g/mol. The van der Waals surface area contributed by atoms with Crippen LogP contribution in [0, 0.1) is 0 Å². The van der Waals surface area contributed by atoms with Crippen molar-refractivity contribution in [2.75, 3.05) is 13.1 Å². The van der Waals surface area contributed by atoms with Crippen molar-refractivity contribution in [2.45, 2.75) is 100 Å². The number of allylic oxidation sites excluding steroid dienone is 1. The number of hydrogen-bond donors (Lipinski definition) is 1. The number of piperidine rings is 1. The van der Waals surface area contributed by atoms with E-state index in [0.717, 1.165) is 43.4 Å². The first-order chi connectivity index (χ1) is 17.5. The zero-order valence-corrected chi connectivity index (χ0v) is 21.3. The summed E-state index contributed by atoms with van der Waals surface area (Å²) in [7, 11) is 0. The topological polar surface area (TPSA) is 76.1 Å². The number of Topliss-reactive ketones (excluding diaryl/α,β-unsaturated/α-hetero) is 1. The number of rotatable bonds is 12. The van der Waals surface area contributed by atoms with Crippen LogP contribution < -0.4 is 9.47 Å². The molecular formula is C30H39NO5. The fourth-order valence-electron chi connectivity index (χ4n) is 7.31. The molecule has 194 valence electrons. The summed E-state index contributed by atoms with van der Waals surface area (Å²) in [6.45, 7) is 9.12. The number of nitrogens with zero attached hydrogens (tertiary/aromatic N) is 1. The molecule has 1 N–H and O–H groups in total. The second kappa shape index (κ2) is 10.1. The normalized spacial score (nSPS) is 29.9. The molecule has 1 saturated heterocycles. The first kappa shape index (κ1) is 25.2. The number of carbonyl (C=O) groups is 2. The monoisotopic (exact) mass is 493 g/mol. The van der Waals surface area contributed by atoms with E-state index in [4.69, 9.17) is 9.47 Å². The standard InChI is InChI=1S/C30H39NO5/c1-3-5-6-7-8-9-10-11-12-25(33)35-23-14-13-21-20-24-30(34)16-15-22(32)28-29(30,26(21)27(23)36-28)17-19-31(24)18-4-2/h3-4,13-14,24,28,34H,1-2,5-12,15-20H2/t24-,28-,29-,30-/m1/s1. The highest BCUT2D eigenvalue weighted by Gasteiger charge is 2.73. The molecule has 4 atom stereocenters. The zero-order chi connectivity index (χ0) is 25.3. The van der Waals surface area contributed by atoms with Crippen molar-refractivity contribution < 1.29 is 24.2 Å². The van der Waals surface area contributed by atoms with Gasteiger partial charge in [0.2, 0.25) is 0 Å². The predicted molar refractivity (Wildman–Crippen MR) is 138 cm³/mol. The van der Waals surface area contributed by atoms with Crippen molar-refractivity contribution in [1.29, 1.82) is 0 Å². The van der Waals surface area contributed by atoms with Crippen LogP contribution in [0.4, 0.5) is 0 Å². The third kappa shape index (κ3) is 3.93. The summed E-state index contributed by atoms with van der Waals surface area (Å²) in [6, 6.07) is 3.72. The Labute approximate surface area is 214 Å². The van der Waals surface area contributed by atoms with Gasteiger partial charge in [0.1, 0.15) is 0 Å². The van der Waals surface area contributed by atoms with Gasteiger partial charge >= 0.3 is 5.97 Å². The summed E-state index contributed by atoms with van der Waals surface area (Å²) < 4.78 is 12.1. The Balaban J connectivity index is 1.33. The number of esters is 1. The highest BCUT2D eigenvalue weighted by Crippen LogP contribution is 2.64. The van der Waals surface area contributed by atoms with Crippen LogP contribution in [0.2, 0.25) is 0 Å². The van der Waals surface area contributed by atoms with Gasteiger partial charge in [0.05, 0.1) is 11.0 Å². The third-order valence-electron chi connectivity index (χ3n) is 8.98. The van der Waals surface area contributed by atoms with Crippen molar-refractivity contribution >= 4 is 11.8 Å². The molecule has 1 saturated carbocycles. The Morgan fingerprint density at radius 3 is 2.69 bits per heavy atom. The number of likely N-dealkylation sites (tertiary alicyclic amines) is 1. The molecule has 2 heterocycles. The number of carbonyl (C=O) groups excluding carboxylic acids is 2. The largest absolute Gasteiger partial charge is 0.477 e. The van der Waals surface area contributed by atoms with Gasteiger partial charge in [-0.1, -0.05) is 43.9 Å².